The Hall–Kier alpha value is -0.900. The lowest BCUT2D eigenvalue weighted by Crippen LogP contribution is -2.55. The average Bonchev–Trinajstić information content (AvgIpc) is 3.15. The lowest BCUT2D eigenvalue weighted by Gasteiger charge is -2.40. The maximum Gasteiger partial charge on any atom is 0.0798 e. The Morgan fingerprint density at radius 2 is 2.10 bits per heavy atom. The van der Waals surface area contributed by atoms with Crippen molar-refractivity contribution < 1.29 is 5.11 Å². The highest BCUT2D eigenvalue weighted by Crippen LogP contribution is 2.39. The number of aliphatic hydroxyl groups is 1. The highest BCUT2D eigenvalue weighted by Gasteiger charge is 2.42. The maximum absolute atomic E-state index is 10.2. The van der Waals surface area contributed by atoms with Gasteiger partial charge in [-0.15, -0.1) is 0 Å². The summed E-state index contributed by atoms with van der Waals surface area (Å²) in [4.78, 5) is 2.61. The quantitative estimate of drug-likeness (QED) is 0.808. The van der Waals surface area contributed by atoms with Gasteiger partial charge in [0.25, 0.3) is 0 Å². The molecule has 0 amide bonds. The van der Waals surface area contributed by atoms with Gasteiger partial charge in [-0.05, 0) is 43.7 Å². The van der Waals surface area contributed by atoms with Gasteiger partial charge in [-0.25, -0.2) is 0 Å². The summed E-state index contributed by atoms with van der Waals surface area (Å²) in [5.74, 6) is 0.897. The molecule has 116 valence electrons. The molecule has 1 aliphatic heterocycles. The topological polar surface area (TPSA) is 35.5 Å². The molecule has 1 aliphatic carbocycles. The van der Waals surface area contributed by atoms with Gasteiger partial charge in [0.2, 0.25) is 0 Å². The molecule has 0 radical (unpaired) electrons. The van der Waals surface area contributed by atoms with Gasteiger partial charge in [0.05, 0.1) is 12.1 Å². The van der Waals surface area contributed by atoms with Gasteiger partial charge in [-0.2, -0.15) is 0 Å². The second-order valence-electron chi connectivity index (χ2n) is 6.80. The van der Waals surface area contributed by atoms with E-state index >= 15 is 0 Å². The van der Waals surface area contributed by atoms with Crippen LogP contribution in [-0.2, 0) is 5.54 Å². The number of likely N-dealkylation sites (tertiary alicyclic amines) is 1. The van der Waals surface area contributed by atoms with Gasteiger partial charge in [0, 0.05) is 19.1 Å². The summed E-state index contributed by atoms with van der Waals surface area (Å²) in [6.07, 6.45) is 5.19. The summed E-state index contributed by atoms with van der Waals surface area (Å²) in [6, 6.07) is 11.2. The van der Waals surface area contributed by atoms with Gasteiger partial charge in [-0.3, -0.25) is 4.90 Å². The van der Waals surface area contributed by atoms with Crippen LogP contribution in [-0.4, -0.2) is 42.3 Å². The molecule has 1 aromatic carbocycles. The standard InChI is InChI=1S/C18H28N2O/c1-2-10-19-18(14-21,16-6-4-3-5-7-16)13-20-12-15-8-9-17(20)11-15/h3-7,15,17,19,21H,2,8-14H2,1H3. The van der Waals surface area contributed by atoms with E-state index in [0.717, 1.165) is 31.5 Å². The van der Waals surface area contributed by atoms with Gasteiger partial charge in [0.15, 0.2) is 0 Å². The predicted octanol–water partition coefficient (Wildman–Crippen LogP) is 2.36. The lowest BCUT2D eigenvalue weighted by atomic mass is 9.89. The molecule has 1 saturated heterocycles. The highest BCUT2D eigenvalue weighted by atomic mass is 16.3. The molecule has 21 heavy (non-hydrogen) atoms. The molecule has 3 nitrogen and oxygen atoms in total. The van der Waals surface area contributed by atoms with E-state index < -0.39 is 0 Å². The Morgan fingerprint density at radius 3 is 2.67 bits per heavy atom. The molecule has 2 aliphatic rings. The van der Waals surface area contributed by atoms with Crippen molar-refractivity contribution in [3.05, 3.63) is 35.9 Å². The number of aliphatic hydroxyl groups excluding tert-OH is 1. The molecule has 0 spiro atoms. The van der Waals surface area contributed by atoms with E-state index in [0.29, 0.717) is 0 Å². The van der Waals surface area contributed by atoms with E-state index in [1.807, 2.05) is 6.07 Å². The third-order valence-corrected chi connectivity index (χ3v) is 5.31. The van der Waals surface area contributed by atoms with E-state index in [-0.39, 0.29) is 12.1 Å². The molecule has 1 saturated carbocycles. The minimum atomic E-state index is -0.318. The van der Waals surface area contributed by atoms with Crippen LogP contribution in [0.5, 0.6) is 0 Å². The van der Waals surface area contributed by atoms with Crippen molar-refractivity contribution in [1.82, 2.24) is 10.2 Å². The fraction of sp³-hybridized carbons (Fsp3) is 0.667. The van der Waals surface area contributed by atoms with Gasteiger partial charge < -0.3 is 10.4 Å². The van der Waals surface area contributed by atoms with Gasteiger partial charge >= 0.3 is 0 Å². The Kier molecular flexibility index (Phi) is 4.63. The molecule has 3 atom stereocenters. The number of hydrogen-bond donors (Lipinski definition) is 2. The summed E-state index contributed by atoms with van der Waals surface area (Å²) in [7, 11) is 0. The van der Waals surface area contributed by atoms with Crippen molar-refractivity contribution in [2.24, 2.45) is 5.92 Å². The molecule has 2 bridgehead atoms. The van der Waals surface area contributed by atoms with E-state index in [2.05, 4.69) is 41.4 Å². The number of nitrogens with zero attached hydrogens (tertiary/aromatic N) is 1. The normalized spacial score (nSPS) is 27.9. The number of hydrogen-bond acceptors (Lipinski definition) is 3. The highest BCUT2D eigenvalue weighted by molar-refractivity contribution is 5.26. The Balaban J connectivity index is 1.81. The Labute approximate surface area is 128 Å². The number of nitrogens with one attached hydrogen (secondary N) is 1. The summed E-state index contributed by atoms with van der Waals surface area (Å²) in [5.41, 5.74) is 0.894. The zero-order chi connectivity index (χ0) is 14.7. The van der Waals surface area contributed by atoms with Crippen molar-refractivity contribution in [3.8, 4) is 0 Å². The minimum Gasteiger partial charge on any atom is -0.394 e. The van der Waals surface area contributed by atoms with Crippen LogP contribution in [0.25, 0.3) is 0 Å². The zero-order valence-electron chi connectivity index (χ0n) is 13.1. The first-order chi connectivity index (χ1) is 10.3. The Morgan fingerprint density at radius 1 is 1.29 bits per heavy atom. The molecule has 3 unspecified atom stereocenters. The molecule has 1 heterocycles. The lowest BCUT2D eigenvalue weighted by molar-refractivity contribution is 0.0896. The fourth-order valence-electron chi connectivity index (χ4n) is 4.14. The van der Waals surface area contributed by atoms with E-state index in [9.17, 15) is 5.11 Å². The molecule has 2 fully saturated rings. The first-order valence-electron chi connectivity index (χ1n) is 8.43. The molecule has 2 N–H and O–H groups in total. The molecular formula is C18H28N2O. The van der Waals surface area contributed by atoms with Crippen molar-refractivity contribution in [2.75, 3.05) is 26.2 Å². The monoisotopic (exact) mass is 288 g/mol. The number of benzene rings is 1. The minimum absolute atomic E-state index is 0.158. The first-order valence-corrected chi connectivity index (χ1v) is 8.43. The van der Waals surface area contributed by atoms with E-state index in [1.54, 1.807) is 0 Å². The van der Waals surface area contributed by atoms with Crippen LogP contribution in [0, 0.1) is 5.92 Å². The molecular weight excluding hydrogens is 260 g/mol. The average molecular weight is 288 g/mol. The second-order valence-corrected chi connectivity index (χ2v) is 6.80. The number of piperidine rings is 1. The molecule has 0 aromatic heterocycles. The van der Waals surface area contributed by atoms with E-state index in [4.69, 9.17) is 0 Å². The van der Waals surface area contributed by atoms with Crippen molar-refractivity contribution >= 4 is 0 Å². The van der Waals surface area contributed by atoms with Crippen molar-refractivity contribution in [1.29, 1.82) is 0 Å². The third-order valence-electron chi connectivity index (χ3n) is 5.31. The van der Waals surface area contributed by atoms with Gasteiger partial charge in [-0.1, -0.05) is 37.3 Å². The van der Waals surface area contributed by atoms with Gasteiger partial charge in [0.1, 0.15) is 0 Å². The smallest absolute Gasteiger partial charge is 0.0798 e. The first kappa shape index (κ1) is 15.0. The van der Waals surface area contributed by atoms with Crippen LogP contribution >= 0.6 is 0 Å². The fourth-order valence-corrected chi connectivity index (χ4v) is 4.14. The summed E-state index contributed by atoms with van der Waals surface area (Å²) in [5, 5.41) is 13.8. The summed E-state index contributed by atoms with van der Waals surface area (Å²) < 4.78 is 0. The third kappa shape index (κ3) is 3.01. The zero-order valence-corrected chi connectivity index (χ0v) is 13.1. The largest absolute Gasteiger partial charge is 0.394 e. The SMILES string of the molecule is CCCNC(CO)(CN1CC2CCC1C2)c1ccccc1. The van der Waals surface area contributed by atoms with Crippen LogP contribution in [0.2, 0.25) is 0 Å². The molecule has 1 aromatic rings. The predicted molar refractivity (Wildman–Crippen MR) is 86.2 cm³/mol. The Bertz CT molecular complexity index is 450. The number of rotatable bonds is 7. The summed E-state index contributed by atoms with van der Waals surface area (Å²) >= 11 is 0. The van der Waals surface area contributed by atoms with Crippen LogP contribution in [0.1, 0.15) is 38.2 Å². The second kappa shape index (κ2) is 6.47. The van der Waals surface area contributed by atoms with Crippen LogP contribution in [0.4, 0.5) is 0 Å². The maximum atomic E-state index is 10.2. The van der Waals surface area contributed by atoms with Crippen molar-refractivity contribution in [3.63, 3.8) is 0 Å². The van der Waals surface area contributed by atoms with Crippen LogP contribution in [0.3, 0.4) is 0 Å². The molecule has 3 rings (SSSR count). The number of fused-ring (bicyclic) bond motifs is 2. The van der Waals surface area contributed by atoms with E-state index in [1.165, 1.54) is 31.4 Å². The van der Waals surface area contributed by atoms with Crippen molar-refractivity contribution in [2.45, 2.75) is 44.2 Å². The van der Waals surface area contributed by atoms with Crippen LogP contribution < -0.4 is 5.32 Å². The summed E-state index contributed by atoms with van der Waals surface area (Å²) in [6.45, 7) is 5.42. The molecule has 3 heteroatoms. The van der Waals surface area contributed by atoms with Crippen LogP contribution in [0.15, 0.2) is 30.3 Å².